The van der Waals surface area contributed by atoms with E-state index in [0.29, 0.717) is 15.0 Å². The van der Waals surface area contributed by atoms with E-state index in [1.165, 1.54) is 11.8 Å². The van der Waals surface area contributed by atoms with Crippen LogP contribution in [0.3, 0.4) is 0 Å². The standard InChI is InChI=1S/C15H15NO3S2/c1-15(2,3)16-13(17)12(21-14(16)20)7-9-4-5-10-11(6-9)19-8-18-10/h4-7H,8H2,1-3H3/b12-7-. The molecule has 1 fully saturated rings. The Morgan fingerprint density at radius 3 is 2.67 bits per heavy atom. The molecule has 1 aromatic rings. The van der Waals surface area contributed by atoms with E-state index in [9.17, 15) is 4.79 Å². The zero-order chi connectivity index (χ0) is 15.2. The molecule has 110 valence electrons. The zero-order valence-electron chi connectivity index (χ0n) is 12.0. The van der Waals surface area contributed by atoms with Crippen LogP contribution >= 0.6 is 24.0 Å². The fourth-order valence-corrected chi connectivity index (χ4v) is 3.84. The fourth-order valence-electron chi connectivity index (χ4n) is 2.20. The maximum Gasteiger partial charge on any atom is 0.266 e. The number of hydrogen-bond acceptors (Lipinski definition) is 5. The SMILES string of the molecule is CC(C)(C)N1C(=O)/C(=C/c2ccc3c(c2)OCO3)SC1=S. The van der Waals surface area contributed by atoms with Crippen molar-refractivity contribution in [2.24, 2.45) is 0 Å². The van der Waals surface area contributed by atoms with Crippen LogP contribution in [0.25, 0.3) is 6.08 Å². The average Bonchev–Trinajstić information content (AvgIpc) is 2.93. The Balaban J connectivity index is 1.91. The van der Waals surface area contributed by atoms with Gasteiger partial charge in [-0.3, -0.25) is 9.69 Å². The van der Waals surface area contributed by atoms with Gasteiger partial charge in [0.1, 0.15) is 4.32 Å². The molecule has 0 radical (unpaired) electrons. The third-order valence-electron chi connectivity index (χ3n) is 3.16. The van der Waals surface area contributed by atoms with Crippen LogP contribution in [0.15, 0.2) is 23.1 Å². The lowest BCUT2D eigenvalue weighted by molar-refractivity contribution is -0.125. The Bertz CT molecular complexity index is 661. The summed E-state index contributed by atoms with van der Waals surface area (Å²) >= 11 is 6.65. The second-order valence-corrected chi connectivity index (χ2v) is 7.48. The van der Waals surface area contributed by atoms with Crippen LogP contribution in [0, 0.1) is 0 Å². The highest BCUT2D eigenvalue weighted by atomic mass is 32.2. The minimum Gasteiger partial charge on any atom is -0.454 e. The Kier molecular flexibility index (Phi) is 3.45. The monoisotopic (exact) mass is 321 g/mol. The Morgan fingerprint density at radius 2 is 2.00 bits per heavy atom. The van der Waals surface area contributed by atoms with Crippen molar-refractivity contribution in [3.05, 3.63) is 28.7 Å². The molecule has 0 unspecified atom stereocenters. The van der Waals surface area contributed by atoms with Crippen molar-refractivity contribution in [3.8, 4) is 11.5 Å². The number of amides is 1. The van der Waals surface area contributed by atoms with Gasteiger partial charge in [-0.2, -0.15) is 0 Å². The first kappa shape index (κ1) is 14.4. The minimum atomic E-state index is -0.314. The number of fused-ring (bicyclic) bond motifs is 1. The first-order valence-corrected chi connectivity index (χ1v) is 7.76. The summed E-state index contributed by atoms with van der Waals surface area (Å²) in [7, 11) is 0. The molecule has 21 heavy (non-hydrogen) atoms. The first-order chi connectivity index (χ1) is 9.86. The second-order valence-electron chi connectivity index (χ2n) is 5.80. The van der Waals surface area contributed by atoms with Gasteiger partial charge in [-0.05, 0) is 44.5 Å². The molecule has 0 N–H and O–H groups in total. The molecule has 3 rings (SSSR count). The summed E-state index contributed by atoms with van der Waals surface area (Å²) in [6.07, 6.45) is 1.84. The number of carbonyl (C=O) groups excluding carboxylic acids is 1. The molecule has 2 aliphatic heterocycles. The molecular weight excluding hydrogens is 306 g/mol. The van der Waals surface area contributed by atoms with E-state index < -0.39 is 0 Å². The Morgan fingerprint density at radius 1 is 1.29 bits per heavy atom. The maximum absolute atomic E-state index is 12.5. The van der Waals surface area contributed by atoms with E-state index in [1.54, 1.807) is 4.90 Å². The Labute approximate surface area is 133 Å². The third kappa shape index (κ3) is 2.65. The number of ether oxygens (including phenoxy) is 2. The predicted molar refractivity (Wildman–Crippen MR) is 87.3 cm³/mol. The summed E-state index contributed by atoms with van der Waals surface area (Å²) in [6, 6.07) is 5.61. The fraction of sp³-hybridized carbons (Fsp3) is 0.333. The summed E-state index contributed by atoms with van der Waals surface area (Å²) in [4.78, 5) is 14.8. The molecule has 1 amide bonds. The van der Waals surface area contributed by atoms with Crippen LogP contribution in [-0.2, 0) is 4.79 Å². The molecule has 0 spiro atoms. The van der Waals surface area contributed by atoms with Gasteiger partial charge < -0.3 is 9.47 Å². The predicted octanol–water partition coefficient (Wildman–Crippen LogP) is 3.42. The van der Waals surface area contributed by atoms with E-state index in [2.05, 4.69) is 0 Å². The topological polar surface area (TPSA) is 38.8 Å². The van der Waals surface area contributed by atoms with Crippen LogP contribution < -0.4 is 9.47 Å². The molecule has 0 aliphatic carbocycles. The lowest BCUT2D eigenvalue weighted by Crippen LogP contribution is -2.44. The van der Waals surface area contributed by atoms with Gasteiger partial charge in [0.15, 0.2) is 11.5 Å². The number of thiocarbonyl (C=S) groups is 1. The quantitative estimate of drug-likeness (QED) is 0.585. The number of carbonyl (C=O) groups is 1. The lowest BCUT2D eigenvalue weighted by atomic mass is 10.1. The van der Waals surface area contributed by atoms with E-state index in [1.807, 2.05) is 45.0 Å². The van der Waals surface area contributed by atoms with Crippen molar-refractivity contribution < 1.29 is 14.3 Å². The highest BCUT2D eigenvalue weighted by molar-refractivity contribution is 8.26. The Hall–Kier alpha value is -1.53. The maximum atomic E-state index is 12.5. The molecule has 6 heteroatoms. The van der Waals surface area contributed by atoms with Gasteiger partial charge in [-0.1, -0.05) is 30.0 Å². The van der Waals surface area contributed by atoms with Crippen molar-refractivity contribution in [3.63, 3.8) is 0 Å². The molecule has 0 atom stereocenters. The van der Waals surface area contributed by atoms with Gasteiger partial charge in [-0.25, -0.2) is 0 Å². The van der Waals surface area contributed by atoms with Gasteiger partial charge in [0.2, 0.25) is 6.79 Å². The van der Waals surface area contributed by atoms with Crippen LogP contribution in [0.4, 0.5) is 0 Å². The van der Waals surface area contributed by atoms with Crippen molar-refractivity contribution in [2.45, 2.75) is 26.3 Å². The molecule has 0 bridgehead atoms. The summed E-state index contributed by atoms with van der Waals surface area (Å²) in [5.41, 5.74) is 0.583. The third-order valence-corrected chi connectivity index (χ3v) is 4.46. The number of rotatable bonds is 1. The van der Waals surface area contributed by atoms with Gasteiger partial charge in [-0.15, -0.1) is 0 Å². The number of hydrogen-bond donors (Lipinski definition) is 0. The zero-order valence-corrected chi connectivity index (χ0v) is 13.6. The first-order valence-electron chi connectivity index (χ1n) is 6.54. The lowest BCUT2D eigenvalue weighted by Gasteiger charge is -2.30. The normalized spacial score (nSPS) is 19.8. The molecular formula is C15H15NO3S2. The highest BCUT2D eigenvalue weighted by Gasteiger charge is 2.39. The highest BCUT2D eigenvalue weighted by Crippen LogP contribution is 2.38. The molecule has 0 aromatic heterocycles. The summed E-state index contributed by atoms with van der Waals surface area (Å²) in [5.74, 6) is 1.39. The van der Waals surface area contributed by atoms with E-state index in [0.717, 1.165) is 11.3 Å². The largest absolute Gasteiger partial charge is 0.454 e. The van der Waals surface area contributed by atoms with Gasteiger partial charge in [0, 0.05) is 5.54 Å². The molecule has 2 aliphatic rings. The summed E-state index contributed by atoms with van der Waals surface area (Å²) in [5, 5.41) is 0. The number of benzene rings is 1. The molecule has 1 saturated heterocycles. The van der Waals surface area contributed by atoms with Crippen molar-refractivity contribution in [1.82, 2.24) is 4.90 Å². The minimum absolute atomic E-state index is 0.0461. The molecule has 0 saturated carbocycles. The summed E-state index contributed by atoms with van der Waals surface area (Å²) in [6.45, 7) is 6.16. The van der Waals surface area contributed by atoms with Crippen LogP contribution in [0.1, 0.15) is 26.3 Å². The van der Waals surface area contributed by atoms with E-state index in [-0.39, 0.29) is 18.2 Å². The summed E-state index contributed by atoms with van der Waals surface area (Å²) < 4.78 is 11.2. The van der Waals surface area contributed by atoms with Crippen molar-refractivity contribution >= 4 is 40.3 Å². The molecule has 2 heterocycles. The van der Waals surface area contributed by atoms with Gasteiger partial charge in [0.25, 0.3) is 5.91 Å². The number of thioether (sulfide) groups is 1. The van der Waals surface area contributed by atoms with Crippen molar-refractivity contribution in [1.29, 1.82) is 0 Å². The van der Waals surface area contributed by atoms with Gasteiger partial charge >= 0.3 is 0 Å². The average molecular weight is 321 g/mol. The van der Waals surface area contributed by atoms with Crippen LogP contribution in [0.5, 0.6) is 11.5 Å². The van der Waals surface area contributed by atoms with Crippen LogP contribution in [0.2, 0.25) is 0 Å². The van der Waals surface area contributed by atoms with Crippen LogP contribution in [-0.4, -0.2) is 27.5 Å². The number of nitrogens with zero attached hydrogens (tertiary/aromatic N) is 1. The second kappa shape index (κ2) is 5.03. The smallest absolute Gasteiger partial charge is 0.266 e. The van der Waals surface area contributed by atoms with E-state index >= 15 is 0 Å². The van der Waals surface area contributed by atoms with Crippen molar-refractivity contribution in [2.75, 3.05) is 6.79 Å². The van der Waals surface area contributed by atoms with E-state index in [4.69, 9.17) is 21.7 Å². The molecule has 4 nitrogen and oxygen atoms in total. The van der Waals surface area contributed by atoms with Gasteiger partial charge in [0.05, 0.1) is 4.91 Å². The molecule has 1 aromatic carbocycles.